The average Bonchev–Trinajstić information content (AvgIpc) is 4.15. The summed E-state index contributed by atoms with van der Waals surface area (Å²) < 4.78 is 171. The van der Waals surface area contributed by atoms with Crippen molar-refractivity contribution < 1.29 is 24.7 Å². The maximum absolute atomic E-state index is 10.3. The zero-order valence-corrected chi connectivity index (χ0v) is 30.0. The zero-order chi connectivity index (χ0) is 53.6. The van der Waals surface area contributed by atoms with Crippen LogP contribution < -0.4 is 9.80 Å². The van der Waals surface area contributed by atoms with Gasteiger partial charge in [-0.2, -0.15) is 0 Å². The number of para-hydroxylation sites is 6. The molecule has 4 heterocycles. The fourth-order valence-corrected chi connectivity index (χ4v) is 8.66. The Bertz CT molecular complexity index is 4320. The van der Waals surface area contributed by atoms with E-state index in [-0.39, 0.29) is 112 Å². The molecule has 9 aromatic carbocycles. The molecule has 0 fully saturated rings. The van der Waals surface area contributed by atoms with Crippen LogP contribution in [-0.4, -0.2) is 8.80 Å². The van der Waals surface area contributed by atoms with Gasteiger partial charge in [0.1, 0.15) is 0 Å². The van der Waals surface area contributed by atoms with Crippen molar-refractivity contribution in [2.24, 2.45) is 0 Å². The maximum Gasteiger partial charge on any atom is 0.0653 e. The van der Waals surface area contributed by atoms with E-state index in [9.17, 15) is 19.2 Å². The van der Waals surface area contributed by atoms with Crippen molar-refractivity contribution in [1.29, 1.82) is 0 Å². The fourth-order valence-electron chi connectivity index (χ4n) is 8.66. The number of anilines is 6. The van der Waals surface area contributed by atoms with Gasteiger partial charge in [-0.25, -0.2) is 0 Å². The van der Waals surface area contributed by atoms with Gasteiger partial charge in [-0.3, -0.25) is 0 Å². The lowest BCUT2D eigenvalue weighted by atomic mass is 10.0. The summed E-state index contributed by atoms with van der Waals surface area (Å²) in [5, 5.41) is -0.365. The molecule has 4 aromatic heterocycles. The van der Waals surface area contributed by atoms with Gasteiger partial charge in [-0.05, 0) is 84.8 Å². The van der Waals surface area contributed by atoms with Gasteiger partial charge in [-0.15, -0.1) is 0 Å². The van der Waals surface area contributed by atoms with Crippen molar-refractivity contribution in [3.63, 3.8) is 0 Å². The monoisotopic (exact) mass is 756 g/mol. The Morgan fingerprint density at radius 1 is 0.328 bits per heavy atom. The second kappa shape index (κ2) is 11.8. The third-order valence-corrected chi connectivity index (χ3v) is 11.0. The molecule has 4 heteroatoms. The van der Waals surface area contributed by atoms with Crippen LogP contribution in [0.25, 0.3) is 76.2 Å². The molecule has 0 aliphatic rings. The third-order valence-electron chi connectivity index (χ3n) is 11.0. The lowest BCUT2D eigenvalue weighted by molar-refractivity contribution is 1.29. The predicted octanol–water partition coefficient (Wildman–Crippen LogP) is 14.9. The molecule has 13 rings (SSSR count). The summed E-state index contributed by atoms with van der Waals surface area (Å²) in [6.07, 6.45) is 0. The Labute approximate surface area is 359 Å². The highest BCUT2D eigenvalue weighted by molar-refractivity contribution is 6.31. The second-order valence-electron chi connectivity index (χ2n) is 13.9. The summed E-state index contributed by atoms with van der Waals surface area (Å²) in [5.74, 6) is 0. The minimum absolute atomic E-state index is 0.0180. The second-order valence-corrected chi connectivity index (χ2v) is 13.9. The molecule has 0 atom stereocenters. The SMILES string of the molecule is [2H]c1ccc(N(c2ccc([2H])cc2)c2c([2H])c([2H])c([2H])c3c2c2c([2H])c([2H])c([2H])c4c5c([2H])c6c(c([2H])c5n3c24)c2c([2H])c([2H])c([2H])c3c4c(N(c5ccc([2H])cc5)c5ccc([2H])cc5)c([2H])c([2H])c([2H])c4n6c32)cc1. The molecular formula is C54H34N4. The van der Waals surface area contributed by atoms with E-state index in [1.165, 1.54) is 57.3 Å². The first kappa shape index (κ1) is 18.9. The first-order valence-corrected chi connectivity index (χ1v) is 18.5. The first-order chi connectivity index (χ1) is 36.3. The summed E-state index contributed by atoms with van der Waals surface area (Å²) in [6, 6.07) is 18.7. The molecule has 0 radical (unpaired) electrons. The predicted molar refractivity (Wildman–Crippen MR) is 245 cm³/mol. The highest BCUT2D eigenvalue weighted by Crippen LogP contribution is 2.49. The normalized spacial score (nSPS) is 16.5. The largest absolute Gasteiger partial charge is 0.310 e. The van der Waals surface area contributed by atoms with Crippen molar-refractivity contribution in [3.05, 3.63) is 206 Å². The van der Waals surface area contributed by atoms with Gasteiger partial charge in [0, 0.05) is 65.8 Å². The van der Waals surface area contributed by atoms with Crippen LogP contribution in [0.3, 0.4) is 0 Å². The molecule has 0 aliphatic heterocycles. The standard InChI is InChI=1S/C54H34N4/c1-5-17-35(18-6-1)55(36-19-7-2-8-20-36)45-29-15-31-47-51(45)41-27-13-25-39-43-34-50-44(33-49(43)57(47)53(39)41)40-26-14-28-42-52-46(30-16-32-48(52)58(50)54(40)42)56(37-21-9-3-10-22-37)38-23-11-4-12-24-38/h1-34H/i1D,2D,3D,4D,13D,14D,15D,16D,25D,26D,27D,28D,29D,30D,31D,32D,33D,34D. The molecule has 0 saturated carbocycles. The van der Waals surface area contributed by atoms with Crippen LogP contribution in [0.1, 0.15) is 24.7 Å². The summed E-state index contributed by atoms with van der Waals surface area (Å²) in [4.78, 5) is 3.19. The Hall–Kier alpha value is -7.82. The number of hydrogen-bond donors (Lipinski definition) is 0. The van der Waals surface area contributed by atoms with Crippen molar-refractivity contribution in [1.82, 2.24) is 8.80 Å². The molecule has 0 amide bonds. The quantitative estimate of drug-likeness (QED) is 0.168. The number of hydrogen-bond acceptors (Lipinski definition) is 2. The van der Waals surface area contributed by atoms with Gasteiger partial charge in [0.2, 0.25) is 0 Å². The van der Waals surface area contributed by atoms with Crippen LogP contribution in [0.2, 0.25) is 0 Å². The molecule has 0 aliphatic carbocycles. The summed E-state index contributed by atoms with van der Waals surface area (Å²) >= 11 is 0. The lowest BCUT2D eigenvalue weighted by Crippen LogP contribution is -2.10. The van der Waals surface area contributed by atoms with E-state index < -0.39 is 84.6 Å². The van der Waals surface area contributed by atoms with Crippen LogP contribution in [0.5, 0.6) is 0 Å². The van der Waals surface area contributed by atoms with E-state index in [1.54, 1.807) is 58.3 Å². The number of benzene rings is 9. The van der Waals surface area contributed by atoms with Crippen LogP contribution in [0, 0.1) is 0 Å². The molecule has 0 spiro atoms. The minimum atomic E-state index is -0.594. The van der Waals surface area contributed by atoms with Crippen LogP contribution in [0.4, 0.5) is 34.1 Å². The molecule has 0 saturated heterocycles. The van der Waals surface area contributed by atoms with E-state index in [2.05, 4.69) is 0 Å². The smallest absolute Gasteiger partial charge is 0.0653 e. The lowest BCUT2D eigenvalue weighted by Gasteiger charge is -2.26. The zero-order valence-electron chi connectivity index (χ0n) is 48.0. The molecule has 0 N–H and O–H groups in total. The van der Waals surface area contributed by atoms with Crippen molar-refractivity contribution in [2.45, 2.75) is 0 Å². The van der Waals surface area contributed by atoms with Gasteiger partial charge in [0.05, 0.1) is 69.1 Å². The maximum atomic E-state index is 10.3. The van der Waals surface area contributed by atoms with Crippen LogP contribution in [-0.2, 0) is 0 Å². The van der Waals surface area contributed by atoms with Crippen LogP contribution >= 0.6 is 0 Å². The van der Waals surface area contributed by atoms with Crippen molar-refractivity contribution >= 4 is 110 Å². The third kappa shape index (κ3) is 4.18. The number of fused-ring (bicyclic) bond motifs is 12. The fraction of sp³-hybridized carbons (Fsp3) is 0. The van der Waals surface area contributed by atoms with Crippen LogP contribution in [0.15, 0.2) is 206 Å². The van der Waals surface area contributed by atoms with Gasteiger partial charge < -0.3 is 18.6 Å². The Morgan fingerprint density at radius 2 is 0.655 bits per heavy atom. The summed E-state index contributed by atoms with van der Waals surface area (Å²) in [5.41, 5.74) is 1.18. The molecule has 270 valence electrons. The minimum Gasteiger partial charge on any atom is -0.310 e. The highest BCUT2D eigenvalue weighted by atomic mass is 15.2. The van der Waals surface area contributed by atoms with Gasteiger partial charge >= 0.3 is 0 Å². The summed E-state index contributed by atoms with van der Waals surface area (Å²) in [6.45, 7) is 0. The Morgan fingerprint density at radius 3 is 1.02 bits per heavy atom. The Kier molecular flexibility index (Phi) is 3.85. The number of aromatic nitrogens is 2. The molecule has 13 aromatic rings. The van der Waals surface area contributed by atoms with E-state index in [1.807, 2.05) is 0 Å². The first-order valence-electron chi connectivity index (χ1n) is 27.5. The topological polar surface area (TPSA) is 15.3 Å². The van der Waals surface area contributed by atoms with Gasteiger partial charge in [-0.1, -0.05) is 121 Å². The van der Waals surface area contributed by atoms with Gasteiger partial charge in [0.15, 0.2) is 0 Å². The molecular weight excluding hydrogens is 705 g/mol. The number of nitrogens with zero attached hydrogens (tertiary/aromatic N) is 4. The van der Waals surface area contributed by atoms with E-state index in [4.69, 9.17) is 5.48 Å². The highest BCUT2D eigenvalue weighted by Gasteiger charge is 2.26. The molecule has 0 unspecified atom stereocenters. The van der Waals surface area contributed by atoms with Crippen molar-refractivity contribution in [2.75, 3.05) is 9.80 Å². The average molecular weight is 757 g/mol. The van der Waals surface area contributed by atoms with E-state index in [0.29, 0.717) is 22.7 Å². The van der Waals surface area contributed by atoms with Crippen molar-refractivity contribution in [3.8, 4) is 0 Å². The Balaban J connectivity index is 1.26. The number of rotatable bonds is 6. The van der Waals surface area contributed by atoms with Gasteiger partial charge in [0.25, 0.3) is 0 Å². The molecule has 4 nitrogen and oxygen atoms in total. The van der Waals surface area contributed by atoms with E-state index in [0.717, 1.165) is 0 Å². The molecule has 0 bridgehead atoms. The van der Waals surface area contributed by atoms with E-state index >= 15 is 0 Å². The molecule has 58 heavy (non-hydrogen) atoms. The summed E-state index contributed by atoms with van der Waals surface area (Å²) in [7, 11) is 0.